The van der Waals surface area contributed by atoms with Crippen LogP contribution in [0.1, 0.15) is 19.4 Å². The number of aryl methyl sites for hydroxylation is 1. The minimum absolute atomic E-state index is 0.187. The molecule has 0 bridgehead atoms. The first-order chi connectivity index (χ1) is 12.6. The van der Waals surface area contributed by atoms with Gasteiger partial charge in [-0.2, -0.15) is 0 Å². The summed E-state index contributed by atoms with van der Waals surface area (Å²) in [6.45, 7) is 11.1. The van der Waals surface area contributed by atoms with Gasteiger partial charge in [-0.1, -0.05) is 19.2 Å². The van der Waals surface area contributed by atoms with Crippen LogP contribution in [0.2, 0.25) is 0 Å². The second-order valence-corrected chi connectivity index (χ2v) is 5.98. The van der Waals surface area contributed by atoms with Gasteiger partial charge in [0.05, 0.1) is 0 Å². The van der Waals surface area contributed by atoms with Gasteiger partial charge in [0.1, 0.15) is 13.2 Å². The molecule has 8 heteroatoms. The van der Waals surface area contributed by atoms with Gasteiger partial charge in [0, 0.05) is 22.5 Å². The molecule has 3 N–H and O–H groups in total. The number of carbonyl (C=O) groups excluding carboxylic acids is 3. The molecular formula is C19H24N2O6. The Morgan fingerprint density at radius 3 is 2.04 bits per heavy atom. The maximum Gasteiger partial charge on any atom is 0.412 e. The Hall–Kier alpha value is -3.29. The van der Waals surface area contributed by atoms with Crippen molar-refractivity contribution in [3.63, 3.8) is 0 Å². The molecule has 0 unspecified atom stereocenters. The Kier molecular flexibility index (Phi) is 8.06. The van der Waals surface area contributed by atoms with Gasteiger partial charge in [-0.05, 0) is 38.5 Å². The molecule has 0 radical (unpaired) electrons. The normalized spacial score (nSPS) is 10.1. The van der Waals surface area contributed by atoms with Gasteiger partial charge in [0.25, 0.3) is 0 Å². The van der Waals surface area contributed by atoms with Crippen LogP contribution in [0.15, 0.2) is 42.5 Å². The van der Waals surface area contributed by atoms with E-state index in [1.807, 2.05) is 6.92 Å². The highest BCUT2D eigenvalue weighted by molar-refractivity contribution is 5.88. The lowest BCUT2D eigenvalue weighted by Gasteiger charge is -2.18. The number of nitrogens with one attached hydrogen (secondary N) is 1. The average Bonchev–Trinajstić information content (AvgIpc) is 2.59. The van der Waals surface area contributed by atoms with E-state index in [1.165, 1.54) is 13.8 Å². The number of nitrogens with two attached hydrogens (primary N) is 1. The lowest BCUT2D eigenvalue weighted by atomic mass is 10.2. The van der Waals surface area contributed by atoms with E-state index in [2.05, 4.69) is 18.5 Å². The van der Waals surface area contributed by atoms with Crippen molar-refractivity contribution < 1.29 is 28.6 Å². The third kappa shape index (κ3) is 7.64. The van der Waals surface area contributed by atoms with Crippen LogP contribution in [0.5, 0.6) is 0 Å². The van der Waals surface area contributed by atoms with Gasteiger partial charge < -0.3 is 19.9 Å². The zero-order valence-corrected chi connectivity index (χ0v) is 15.7. The number of hydrogen-bond donors (Lipinski definition) is 2. The molecule has 1 amide bonds. The van der Waals surface area contributed by atoms with E-state index in [9.17, 15) is 14.4 Å². The van der Waals surface area contributed by atoms with Crippen molar-refractivity contribution in [1.29, 1.82) is 0 Å². The summed E-state index contributed by atoms with van der Waals surface area (Å²) in [5.41, 5.74) is 7.97. The van der Waals surface area contributed by atoms with Gasteiger partial charge >= 0.3 is 18.0 Å². The van der Waals surface area contributed by atoms with Gasteiger partial charge in [-0.3, -0.25) is 5.32 Å². The van der Waals surface area contributed by atoms with Crippen LogP contribution in [-0.2, 0) is 23.8 Å². The lowest BCUT2D eigenvalue weighted by molar-refractivity contribution is -0.147. The summed E-state index contributed by atoms with van der Waals surface area (Å²) in [6.07, 6.45) is -1.83. The summed E-state index contributed by atoms with van der Waals surface area (Å²) < 4.78 is 15.1. The predicted molar refractivity (Wildman–Crippen MR) is 101 cm³/mol. The maximum atomic E-state index is 12.1. The molecule has 0 saturated carbocycles. The Morgan fingerprint density at radius 2 is 1.59 bits per heavy atom. The van der Waals surface area contributed by atoms with Crippen molar-refractivity contribution in [2.24, 2.45) is 0 Å². The summed E-state index contributed by atoms with van der Waals surface area (Å²) in [7, 11) is 0. The van der Waals surface area contributed by atoms with E-state index >= 15 is 0 Å². The molecule has 0 saturated heterocycles. The smallest absolute Gasteiger partial charge is 0.412 e. The second kappa shape index (κ2) is 10.0. The topological polar surface area (TPSA) is 117 Å². The van der Waals surface area contributed by atoms with Crippen LogP contribution in [0.4, 0.5) is 16.2 Å². The van der Waals surface area contributed by atoms with Crippen LogP contribution in [0, 0.1) is 6.92 Å². The number of rotatable bonds is 8. The summed E-state index contributed by atoms with van der Waals surface area (Å²) in [5.74, 6) is -1.30. The van der Waals surface area contributed by atoms with Crippen molar-refractivity contribution >= 4 is 29.4 Å². The van der Waals surface area contributed by atoms with E-state index in [0.29, 0.717) is 11.4 Å². The van der Waals surface area contributed by atoms with Crippen LogP contribution in [0.25, 0.3) is 0 Å². The molecule has 0 aromatic heterocycles. The SMILES string of the molecule is C=C(C)C(=O)OCC(COC(=O)C(=C)C)OC(=O)Nc1ccc(C)c(N)c1. The first kappa shape index (κ1) is 21.8. The highest BCUT2D eigenvalue weighted by Gasteiger charge is 2.20. The number of ether oxygens (including phenoxy) is 3. The summed E-state index contributed by atoms with van der Waals surface area (Å²) in [6, 6.07) is 4.98. The first-order valence-corrected chi connectivity index (χ1v) is 8.09. The molecule has 1 rings (SSSR count). The lowest BCUT2D eigenvalue weighted by Crippen LogP contribution is -2.32. The highest BCUT2D eigenvalue weighted by Crippen LogP contribution is 2.17. The van der Waals surface area contributed by atoms with E-state index < -0.39 is 24.1 Å². The molecular weight excluding hydrogens is 352 g/mol. The Balaban J connectivity index is 2.71. The molecule has 1 aromatic carbocycles. The Labute approximate surface area is 158 Å². The molecule has 0 heterocycles. The average molecular weight is 376 g/mol. The first-order valence-electron chi connectivity index (χ1n) is 8.09. The molecule has 0 spiro atoms. The van der Waals surface area contributed by atoms with E-state index in [4.69, 9.17) is 19.9 Å². The third-order valence-electron chi connectivity index (χ3n) is 3.30. The van der Waals surface area contributed by atoms with Crippen LogP contribution in [0.3, 0.4) is 0 Å². The number of amides is 1. The van der Waals surface area contributed by atoms with Gasteiger partial charge in [-0.15, -0.1) is 0 Å². The number of benzene rings is 1. The fourth-order valence-electron chi connectivity index (χ4n) is 1.72. The summed E-state index contributed by atoms with van der Waals surface area (Å²) in [5, 5.41) is 2.50. The van der Waals surface area contributed by atoms with Crippen LogP contribution < -0.4 is 11.1 Å². The molecule has 146 valence electrons. The quantitative estimate of drug-likeness (QED) is 0.310. The third-order valence-corrected chi connectivity index (χ3v) is 3.30. The Morgan fingerprint density at radius 1 is 1.07 bits per heavy atom. The van der Waals surface area contributed by atoms with Crippen molar-refractivity contribution in [1.82, 2.24) is 0 Å². The number of carbonyl (C=O) groups is 3. The van der Waals surface area contributed by atoms with Gasteiger partial charge in [0.2, 0.25) is 0 Å². The molecule has 0 aliphatic carbocycles. The molecule has 8 nitrogen and oxygen atoms in total. The number of nitrogen functional groups attached to an aromatic ring is 1. The van der Waals surface area contributed by atoms with Crippen LogP contribution >= 0.6 is 0 Å². The van der Waals surface area contributed by atoms with Crippen LogP contribution in [-0.4, -0.2) is 37.3 Å². The summed E-state index contributed by atoms with van der Waals surface area (Å²) in [4.78, 5) is 35.1. The second-order valence-electron chi connectivity index (χ2n) is 5.98. The van der Waals surface area contributed by atoms with Crippen molar-refractivity contribution in [3.8, 4) is 0 Å². The molecule has 0 aliphatic rings. The maximum absolute atomic E-state index is 12.1. The van der Waals surface area contributed by atoms with Crippen molar-refractivity contribution in [2.45, 2.75) is 26.9 Å². The molecule has 0 atom stereocenters. The molecule has 1 aromatic rings. The molecule has 27 heavy (non-hydrogen) atoms. The van der Waals surface area contributed by atoms with E-state index in [1.54, 1.807) is 18.2 Å². The highest BCUT2D eigenvalue weighted by atomic mass is 16.6. The predicted octanol–water partition coefficient (Wildman–Crippen LogP) is 2.73. The minimum atomic E-state index is -1.01. The zero-order valence-electron chi connectivity index (χ0n) is 15.7. The number of anilines is 2. The number of esters is 2. The van der Waals surface area contributed by atoms with Gasteiger partial charge in [-0.25, -0.2) is 14.4 Å². The van der Waals surface area contributed by atoms with Crippen molar-refractivity contribution in [2.75, 3.05) is 24.3 Å². The van der Waals surface area contributed by atoms with Gasteiger partial charge in [0.15, 0.2) is 6.10 Å². The molecule has 0 fully saturated rings. The molecule has 0 aliphatic heterocycles. The standard InChI is InChI=1S/C19H24N2O6/c1-11(2)17(22)25-9-15(10-26-18(23)12(3)4)27-19(24)21-14-7-6-13(5)16(20)8-14/h6-8,15H,1,3,9-10,20H2,2,4-5H3,(H,21,24). The minimum Gasteiger partial charge on any atom is -0.458 e. The van der Waals surface area contributed by atoms with E-state index in [0.717, 1.165) is 5.56 Å². The fraction of sp³-hybridized carbons (Fsp3) is 0.316. The number of hydrogen-bond acceptors (Lipinski definition) is 7. The fourth-order valence-corrected chi connectivity index (χ4v) is 1.72. The van der Waals surface area contributed by atoms with E-state index in [-0.39, 0.29) is 24.4 Å². The summed E-state index contributed by atoms with van der Waals surface area (Å²) >= 11 is 0. The zero-order chi connectivity index (χ0) is 20.6. The monoisotopic (exact) mass is 376 g/mol. The van der Waals surface area contributed by atoms with Crippen molar-refractivity contribution in [3.05, 3.63) is 48.1 Å². The Bertz CT molecular complexity index is 727. The largest absolute Gasteiger partial charge is 0.458 e.